The minimum atomic E-state index is -2.89. The fourth-order valence-electron chi connectivity index (χ4n) is 4.50. The van der Waals surface area contributed by atoms with Gasteiger partial charge in [0.05, 0.1) is 0 Å². The maximum atomic E-state index is 7.51. The van der Waals surface area contributed by atoms with Crippen LogP contribution in [0, 0.1) is 0 Å². The van der Waals surface area contributed by atoms with Crippen molar-refractivity contribution in [2.75, 3.05) is 0 Å². The number of benzene rings is 4. The van der Waals surface area contributed by atoms with Gasteiger partial charge in [-0.15, -0.1) is 0 Å². The molecule has 0 saturated carbocycles. The van der Waals surface area contributed by atoms with Crippen LogP contribution in [0.15, 0.2) is 139 Å². The quantitative estimate of drug-likeness (QED) is 0.121. The van der Waals surface area contributed by atoms with Crippen molar-refractivity contribution in [1.29, 1.82) is 0 Å². The molecule has 0 aromatic heterocycles. The second-order valence-electron chi connectivity index (χ2n) is 8.67. The molecule has 0 aliphatic heterocycles. The lowest BCUT2D eigenvalue weighted by Crippen LogP contribution is -2.69. The van der Waals surface area contributed by atoms with Crippen molar-refractivity contribution in [2.45, 2.75) is 26.7 Å². The smallest absolute Gasteiger partial charge is 0.346 e. The maximum absolute atomic E-state index is 7.51. The first-order chi connectivity index (χ1) is 16.6. The van der Waals surface area contributed by atoms with Crippen LogP contribution in [0.25, 0.3) is 5.76 Å². The Bertz CT molecular complexity index is 1130. The molecule has 4 aromatic carbocycles. The molecule has 0 atom stereocenters. The van der Waals surface area contributed by atoms with E-state index in [0.29, 0.717) is 0 Å². The van der Waals surface area contributed by atoms with E-state index >= 15 is 0 Å². The summed E-state index contributed by atoms with van der Waals surface area (Å²) in [4.78, 5) is 0. The van der Waals surface area contributed by atoms with Gasteiger partial charge in [0.1, 0.15) is 5.76 Å². The average molecular weight is 461 g/mol. The van der Waals surface area contributed by atoms with Crippen LogP contribution in [0.5, 0.6) is 0 Å². The van der Waals surface area contributed by atoms with E-state index in [1.165, 1.54) is 21.1 Å². The van der Waals surface area contributed by atoms with E-state index in [2.05, 4.69) is 142 Å². The topological polar surface area (TPSA) is 9.23 Å². The van der Waals surface area contributed by atoms with Crippen LogP contribution in [0.1, 0.15) is 32.3 Å². The minimum absolute atomic E-state index is 0.823. The van der Waals surface area contributed by atoms with E-state index in [-0.39, 0.29) is 0 Å². The third kappa shape index (κ3) is 4.98. The molecule has 0 spiro atoms. The highest BCUT2D eigenvalue weighted by molar-refractivity contribution is 7.07. The van der Waals surface area contributed by atoms with Crippen LogP contribution >= 0.6 is 0 Å². The number of rotatable bonds is 9. The van der Waals surface area contributed by atoms with Gasteiger partial charge < -0.3 is 4.43 Å². The highest BCUT2D eigenvalue weighted by atomic mass is 28.4. The van der Waals surface area contributed by atoms with Crippen molar-refractivity contribution in [1.82, 2.24) is 0 Å². The minimum Gasteiger partial charge on any atom is -0.530 e. The van der Waals surface area contributed by atoms with Crippen LogP contribution in [0.3, 0.4) is 0 Å². The van der Waals surface area contributed by atoms with E-state index in [1.807, 2.05) is 0 Å². The number of hydrogen-bond donors (Lipinski definition) is 0. The molecule has 0 fully saturated rings. The van der Waals surface area contributed by atoms with Crippen molar-refractivity contribution >= 4 is 29.6 Å². The van der Waals surface area contributed by atoms with Gasteiger partial charge in [-0.1, -0.05) is 140 Å². The lowest BCUT2D eigenvalue weighted by atomic mass is 10.0. The van der Waals surface area contributed by atoms with Gasteiger partial charge in [0.2, 0.25) is 0 Å². The molecular weight excluding hydrogens is 428 g/mol. The maximum Gasteiger partial charge on any atom is 0.346 e. The lowest BCUT2D eigenvalue weighted by molar-refractivity contribution is 0.524. The SMILES string of the molecule is C=C(C)C/C(CC)=C(\O[Si](c1ccccc1)(c1ccccc1)c1ccccc1)c1ccccc1. The third-order valence-electron chi connectivity index (χ3n) is 6.10. The average Bonchev–Trinajstić information content (AvgIpc) is 2.90. The molecule has 0 heterocycles. The van der Waals surface area contributed by atoms with Gasteiger partial charge in [-0.2, -0.15) is 0 Å². The van der Waals surface area contributed by atoms with E-state index < -0.39 is 8.32 Å². The molecule has 0 N–H and O–H groups in total. The second-order valence-corrected chi connectivity index (χ2v) is 12.0. The molecule has 170 valence electrons. The van der Waals surface area contributed by atoms with E-state index in [1.54, 1.807) is 0 Å². The van der Waals surface area contributed by atoms with Gasteiger partial charge in [-0.3, -0.25) is 0 Å². The van der Waals surface area contributed by atoms with Crippen LogP contribution in [-0.2, 0) is 4.43 Å². The highest BCUT2D eigenvalue weighted by Crippen LogP contribution is 2.30. The molecule has 4 aromatic rings. The zero-order valence-corrected chi connectivity index (χ0v) is 21.1. The molecule has 1 nitrogen and oxygen atoms in total. The third-order valence-corrected chi connectivity index (χ3v) is 10.0. The van der Waals surface area contributed by atoms with Gasteiger partial charge in [-0.05, 0) is 40.9 Å². The molecule has 34 heavy (non-hydrogen) atoms. The van der Waals surface area contributed by atoms with Gasteiger partial charge in [0.25, 0.3) is 0 Å². The van der Waals surface area contributed by atoms with Gasteiger partial charge in [0, 0.05) is 5.56 Å². The molecule has 0 amide bonds. The van der Waals surface area contributed by atoms with Gasteiger partial charge >= 0.3 is 8.32 Å². The van der Waals surface area contributed by atoms with Crippen molar-refractivity contribution in [3.8, 4) is 0 Å². The first-order valence-corrected chi connectivity index (χ1v) is 13.8. The Hall–Kier alpha value is -3.62. The van der Waals surface area contributed by atoms with Gasteiger partial charge in [0.15, 0.2) is 0 Å². The second kappa shape index (κ2) is 11.0. The Morgan fingerprint density at radius 1 is 0.647 bits per heavy atom. The highest BCUT2D eigenvalue weighted by Gasteiger charge is 2.44. The number of hydrogen-bond acceptors (Lipinski definition) is 1. The van der Waals surface area contributed by atoms with Crippen LogP contribution in [-0.4, -0.2) is 8.32 Å². The van der Waals surface area contributed by atoms with Crippen molar-refractivity contribution in [3.05, 3.63) is 145 Å². The molecule has 0 aliphatic rings. The Labute approximate surface area is 205 Å². The summed E-state index contributed by atoms with van der Waals surface area (Å²) in [6.07, 6.45) is 1.73. The Morgan fingerprint density at radius 3 is 1.38 bits per heavy atom. The first-order valence-electron chi connectivity index (χ1n) is 11.9. The Kier molecular flexibility index (Phi) is 7.61. The summed E-state index contributed by atoms with van der Waals surface area (Å²) < 4.78 is 7.51. The zero-order chi connectivity index (χ0) is 23.8. The molecular formula is C32H32OSi. The zero-order valence-electron chi connectivity index (χ0n) is 20.1. The summed E-state index contributed by atoms with van der Waals surface area (Å²) in [6.45, 7) is 8.51. The lowest BCUT2D eigenvalue weighted by Gasteiger charge is -2.35. The van der Waals surface area contributed by atoms with Crippen molar-refractivity contribution in [2.24, 2.45) is 0 Å². The van der Waals surface area contributed by atoms with Crippen molar-refractivity contribution in [3.63, 3.8) is 0 Å². The largest absolute Gasteiger partial charge is 0.530 e. The van der Waals surface area contributed by atoms with Gasteiger partial charge in [-0.25, -0.2) is 0 Å². The fourth-order valence-corrected chi connectivity index (χ4v) is 8.41. The number of allylic oxidation sites excluding steroid dienone is 2. The molecule has 4 rings (SSSR count). The monoisotopic (exact) mass is 460 g/mol. The van der Waals surface area contributed by atoms with E-state index in [9.17, 15) is 0 Å². The van der Waals surface area contributed by atoms with Crippen LogP contribution < -0.4 is 15.6 Å². The fraction of sp³-hybridized carbons (Fsp3) is 0.125. The summed E-state index contributed by atoms with van der Waals surface area (Å²) in [5, 5.41) is 3.69. The molecule has 0 unspecified atom stereocenters. The summed E-state index contributed by atoms with van der Waals surface area (Å²) >= 11 is 0. The summed E-state index contributed by atoms with van der Waals surface area (Å²) in [6, 6.07) is 42.8. The first kappa shape index (κ1) is 23.5. The molecule has 0 bridgehead atoms. The summed E-state index contributed by atoms with van der Waals surface area (Å²) in [5.74, 6) is 0.981. The predicted octanol–water partition coefficient (Wildman–Crippen LogP) is 6.46. The van der Waals surface area contributed by atoms with Crippen molar-refractivity contribution < 1.29 is 4.43 Å². The molecule has 0 radical (unpaired) electrons. The standard InChI is InChI=1S/C32H32OSi/c1-4-27(25-26(2)3)32(28-17-9-5-10-18-28)33-34(29-19-11-6-12-20-29,30-21-13-7-14-22-30)31-23-15-8-16-24-31/h5-24H,2,4,25H2,1,3H3/b32-27-. The molecule has 0 saturated heterocycles. The summed E-state index contributed by atoms with van der Waals surface area (Å²) in [7, 11) is -2.89. The Morgan fingerprint density at radius 2 is 1.03 bits per heavy atom. The van der Waals surface area contributed by atoms with Crippen LogP contribution in [0.2, 0.25) is 0 Å². The van der Waals surface area contributed by atoms with Crippen LogP contribution in [0.4, 0.5) is 0 Å². The Balaban J connectivity index is 2.05. The normalized spacial score (nSPS) is 12.1. The summed E-state index contributed by atoms with van der Waals surface area (Å²) in [5.41, 5.74) is 3.53. The van der Waals surface area contributed by atoms with E-state index in [4.69, 9.17) is 4.43 Å². The van der Waals surface area contributed by atoms with E-state index in [0.717, 1.165) is 29.7 Å². The molecule has 2 heteroatoms. The molecule has 0 aliphatic carbocycles. The predicted molar refractivity (Wildman–Crippen MR) is 148 cm³/mol.